The van der Waals surface area contributed by atoms with E-state index in [0.29, 0.717) is 12.4 Å². The normalized spacial score (nSPS) is 14.9. The lowest BCUT2D eigenvalue weighted by atomic mass is 9.93. The first-order chi connectivity index (χ1) is 17.1. The summed E-state index contributed by atoms with van der Waals surface area (Å²) in [4.78, 5) is 14.9. The van der Waals surface area contributed by atoms with E-state index in [2.05, 4.69) is 39.9 Å². The molecule has 1 amide bonds. The second-order valence-corrected chi connectivity index (χ2v) is 8.63. The summed E-state index contributed by atoms with van der Waals surface area (Å²) in [7, 11) is 3.37. The third-order valence-electron chi connectivity index (χ3n) is 6.37. The highest BCUT2D eigenvalue weighted by molar-refractivity contribution is 5.88. The first-order valence-corrected chi connectivity index (χ1v) is 11.6. The maximum absolute atomic E-state index is 11.2. The van der Waals surface area contributed by atoms with Gasteiger partial charge in [0.1, 0.15) is 23.9 Å². The molecule has 1 aliphatic heterocycles. The van der Waals surface area contributed by atoms with Crippen LogP contribution in [0.2, 0.25) is 0 Å². The Bertz CT molecular complexity index is 1360. The van der Waals surface area contributed by atoms with Crippen LogP contribution in [0.3, 0.4) is 0 Å². The predicted octanol–water partition coefficient (Wildman–Crippen LogP) is 4.96. The fourth-order valence-electron chi connectivity index (χ4n) is 4.71. The molecule has 4 aromatic rings. The van der Waals surface area contributed by atoms with E-state index in [-0.39, 0.29) is 11.9 Å². The van der Waals surface area contributed by atoms with Gasteiger partial charge in [0.2, 0.25) is 5.91 Å². The molecule has 0 fully saturated rings. The van der Waals surface area contributed by atoms with E-state index in [1.54, 1.807) is 14.2 Å². The van der Waals surface area contributed by atoms with Gasteiger partial charge in [0.25, 0.3) is 0 Å². The standard InChI is InChI=1S/C28H29N3O4/c1-17(32)30-20-5-7-21(8-6-20)35-16-19-14-18(4-11-26(19)34-3)27-28-23(12-13-29-27)24-15-22(33-2)9-10-25(24)31-28/h4-11,14-15,27,29,31H,12-13,16H2,1-3H3,(H,30,32). The van der Waals surface area contributed by atoms with Gasteiger partial charge in [-0.2, -0.15) is 0 Å². The molecule has 0 saturated heterocycles. The van der Waals surface area contributed by atoms with Crippen LogP contribution in [-0.2, 0) is 17.8 Å². The summed E-state index contributed by atoms with van der Waals surface area (Å²) in [6.45, 7) is 2.74. The predicted molar refractivity (Wildman–Crippen MR) is 136 cm³/mol. The number of methoxy groups -OCH3 is 2. The van der Waals surface area contributed by atoms with Crippen molar-refractivity contribution in [3.8, 4) is 17.2 Å². The van der Waals surface area contributed by atoms with Crippen LogP contribution in [0.4, 0.5) is 5.69 Å². The van der Waals surface area contributed by atoms with Crippen LogP contribution in [-0.4, -0.2) is 31.7 Å². The van der Waals surface area contributed by atoms with Gasteiger partial charge in [-0.1, -0.05) is 6.07 Å². The Kier molecular flexibility index (Phi) is 6.33. The molecule has 3 aromatic carbocycles. The van der Waals surface area contributed by atoms with Crippen LogP contribution in [0.15, 0.2) is 60.7 Å². The van der Waals surface area contributed by atoms with Crippen LogP contribution >= 0.6 is 0 Å². The number of anilines is 1. The zero-order valence-electron chi connectivity index (χ0n) is 20.1. The van der Waals surface area contributed by atoms with Crippen molar-refractivity contribution in [3.63, 3.8) is 0 Å². The Hall–Kier alpha value is -3.97. The molecular weight excluding hydrogens is 442 g/mol. The van der Waals surface area contributed by atoms with Crippen molar-refractivity contribution < 1.29 is 19.0 Å². The SMILES string of the molecule is COc1ccc2[nH]c3c(c2c1)CCNC3c1ccc(OC)c(COc2ccc(NC(C)=O)cc2)c1. The number of amides is 1. The minimum Gasteiger partial charge on any atom is -0.497 e. The maximum Gasteiger partial charge on any atom is 0.221 e. The molecule has 180 valence electrons. The number of rotatable bonds is 7. The molecular formula is C28H29N3O4. The molecule has 3 N–H and O–H groups in total. The van der Waals surface area contributed by atoms with Crippen molar-refractivity contribution in [1.82, 2.24) is 10.3 Å². The number of nitrogens with one attached hydrogen (secondary N) is 3. The minimum atomic E-state index is -0.103. The second kappa shape index (κ2) is 9.72. The Morgan fingerprint density at radius 1 is 1.00 bits per heavy atom. The molecule has 7 nitrogen and oxygen atoms in total. The molecule has 2 heterocycles. The maximum atomic E-state index is 11.2. The van der Waals surface area contributed by atoms with Gasteiger partial charge in [0.05, 0.1) is 20.3 Å². The minimum absolute atomic E-state index is 0.0405. The Morgan fingerprint density at radius 3 is 2.54 bits per heavy atom. The number of aromatic amines is 1. The zero-order valence-corrected chi connectivity index (χ0v) is 20.1. The number of fused-ring (bicyclic) bond motifs is 3. The highest BCUT2D eigenvalue weighted by Crippen LogP contribution is 2.36. The zero-order chi connectivity index (χ0) is 24.4. The fraction of sp³-hybridized carbons (Fsp3) is 0.250. The van der Waals surface area contributed by atoms with E-state index in [1.165, 1.54) is 23.6 Å². The quantitative estimate of drug-likeness (QED) is 0.355. The van der Waals surface area contributed by atoms with E-state index < -0.39 is 0 Å². The molecule has 1 aromatic heterocycles. The summed E-state index contributed by atoms with van der Waals surface area (Å²) >= 11 is 0. The lowest BCUT2D eigenvalue weighted by molar-refractivity contribution is -0.114. The van der Waals surface area contributed by atoms with Gasteiger partial charge < -0.3 is 29.8 Å². The van der Waals surface area contributed by atoms with Crippen molar-refractivity contribution in [1.29, 1.82) is 0 Å². The van der Waals surface area contributed by atoms with E-state index >= 15 is 0 Å². The van der Waals surface area contributed by atoms with E-state index in [0.717, 1.165) is 46.8 Å². The number of carbonyl (C=O) groups excluding carboxylic acids is 1. The Morgan fingerprint density at radius 2 is 1.80 bits per heavy atom. The van der Waals surface area contributed by atoms with Crippen LogP contribution < -0.4 is 24.8 Å². The van der Waals surface area contributed by atoms with Crippen LogP contribution in [0, 0.1) is 0 Å². The van der Waals surface area contributed by atoms with Crippen molar-refractivity contribution >= 4 is 22.5 Å². The van der Waals surface area contributed by atoms with Gasteiger partial charge in [0.15, 0.2) is 0 Å². The van der Waals surface area contributed by atoms with Crippen LogP contribution in [0.25, 0.3) is 10.9 Å². The van der Waals surface area contributed by atoms with Gasteiger partial charge in [-0.05, 0) is 72.1 Å². The number of benzene rings is 3. The summed E-state index contributed by atoms with van der Waals surface area (Å²) in [5.41, 5.74) is 6.47. The average Bonchev–Trinajstić information content (AvgIpc) is 3.25. The summed E-state index contributed by atoms with van der Waals surface area (Å²) in [6.07, 6.45) is 0.958. The highest BCUT2D eigenvalue weighted by atomic mass is 16.5. The summed E-state index contributed by atoms with van der Waals surface area (Å²) in [5, 5.41) is 7.64. The topological polar surface area (TPSA) is 84.6 Å². The van der Waals surface area contributed by atoms with Gasteiger partial charge in [-0.25, -0.2) is 0 Å². The third kappa shape index (κ3) is 4.68. The summed E-state index contributed by atoms with van der Waals surface area (Å²) < 4.78 is 17.1. The lowest BCUT2D eigenvalue weighted by Gasteiger charge is -2.25. The monoisotopic (exact) mass is 471 g/mol. The molecule has 0 aliphatic carbocycles. The fourth-order valence-corrected chi connectivity index (χ4v) is 4.71. The lowest BCUT2D eigenvalue weighted by Crippen LogP contribution is -2.30. The number of hydrogen-bond donors (Lipinski definition) is 3. The van der Waals surface area contributed by atoms with E-state index in [4.69, 9.17) is 14.2 Å². The first kappa shape index (κ1) is 22.8. The highest BCUT2D eigenvalue weighted by Gasteiger charge is 2.26. The van der Waals surface area contributed by atoms with E-state index in [1.807, 2.05) is 36.4 Å². The van der Waals surface area contributed by atoms with Crippen molar-refractivity contribution in [3.05, 3.63) is 83.0 Å². The molecule has 35 heavy (non-hydrogen) atoms. The molecule has 0 saturated carbocycles. The number of hydrogen-bond acceptors (Lipinski definition) is 5. The number of carbonyl (C=O) groups is 1. The molecule has 1 aliphatic rings. The van der Waals surface area contributed by atoms with E-state index in [9.17, 15) is 4.79 Å². The smallest absolute Gasteiger partial charge is 0.221 e. The average molecular weight is 472 g/mol. The van der Waals surface area contributed by atoms with Crippen molar-refractivity contribution in [2.45, 2.75) is 26.0 Å². The molecule has 1 unspecified atom stereocenters. The van der Waals surface area contributed by atoms with Gasteiger partial charge >= 0.3 is 0 Å². The molecule has 5 rings (SSSR count). The van der Waals surface area contributed by atoms with Crippen LogP contribution in [0.1, 0.15) is 35.3 Å². The molecule has 1 atom stereocenters. The van der Waals surface area contributed by atoms with Crippen molar-refractivity contribution in [2.24, 2.45) is 0 Å². The Balaban J connectivity index is 1.41. The Labute approximate surface area is 204 Å². The molecule has 0 bridgehead atoms. The number of aromatic nitrogens is 1. The van der Waals surface area contributed by atoms with Gasteiger partial charge in [-0.15, -0.1) is 0 Å². The second-order valence-electron chi connectivity index (χ2n) is 8.63. The summed E-state index contributed by atoms with van der Waals surface area (Å²) in [6, 6.07) is 19.8. The first-order valence-electron chi connectivity index (χ1n) is 11.6. The largest absolute Gasteiger partial charge is 0.497 e. The number of H-pyrrole nitrogens is 1. The number of ether oxygens (including phenoxy) is 3. The van der Waals surface area contributed by atoms with Gasteiger partial charge in [0, 0.05) is 41.3 Å². The molecule has 0 spiro atoms. The molecule has 0 radical (unpaired) electrons. The summed E-state index contributed by atoms with van der Waals surface area (Å²) in [5.74, 6) is 2.26. The van der Waals surface area contributed by atoms with Crippen LogP contribution in [0.5, 0.6) is 17.2 Å². The third-order valence-corrected chi connectivity index (χ3v) is 6.37. The molecule has 7 heteroatoms. The van der Waals surface area contributed by atoms with Crippen molar-refractivity contribution in [2.75, 3.05) is 26.1 Å². The van der Waals surface area contributed by atoms with Gasteiger partial charge in [-0.3, -0.25) is 4.79 Å².